The molecule has 2 aromatic heterocycles. The van der Waals surface area contributed by atoms with Crippen LogP contribution in [0.1, 0.15) is 33.8 Å². The van der Waals surface area contributed by atoms with E-state index in [0.717, 1.165) is 40.9 Å². The van der Waals surface area contributed by atoms with E-state index in [4.69, 9.17) is 10.5 Å². The first kappa shape index (κ1) is 14.3. The first-order chi connectivity index (χ1) is 10.1. The molecule has 0 aliphatic carbocycles. The SMILES string of the molecule is Cc1cc(C)c2c(N)c(C(=O)NC[C@@H]3CCCO3)sc2n1. The lowest BCUT2D eigenvalue weighted by Gasteiger charge is -2.10. The summed E-state index contributed by atoms with van der Waals surface area (Å²) in [5.41, 5.74) is 8.68. The number of carbonyl (C=O) groups excluding carboxylic acids is 1. The number of hydrogen-bond acceptors (Lipinski definition) is 5. The first-order valence-corrected chi connectivity index (χ1v) is 7.94. The Labute approximate surface area is 127 Å². The summed E-state index contributed by atoms with van der Waals surface area (Å²) in [5.74, 6) is -0.136. The molecule has 1 amide bonds. The number of carbonyl (C=O) groups is 1. The number of hydrogen-bond donors (Lipinski definition) is 2. The van der Waals surface area contributed by atoms with Crippen molar-refractivity contribution in [1.29, 1.82) is 0 Å². The molecule has 6 heteroatoms. The second-order valence-electron chi connectivity index (χ2n) is 5.45. The van der Waals surface area contributed by atoms with E-state index in [9.17, 15) is 4.79 Å². The van der Waals surface area contributed by atoms with Crippen LogP contribution >= 0.6 is 11.3 Å². The number of thiophene rings is 1. The van der Waals surface area contributed by atoms with Gasteiger partial charge in [0.05, 0.1) is 11.8 Å². The van der Waals surface area contributed by atoms with E-state index in [1.165, 1.54) is 11.3 Å². The van der Waals surface area contributed by atoms with E-state index >= 15 is 0 Å². The lowest BCUT2D eigenvalue weighted by atomic mass is 10.1. The molecule has 112 valence electrons. The molecular formula is C15H19N3O2S. The number of pyridine rings is 1. The number of aromatic nitrogens is 1. The number of amides is 1. The molecule has 0 spiro atoms. The molecular weight excluding hydrogens is 286 g/mol. The zero-order chi connectivity index (χ0) is 15.0. The van der Waals surface area contributed by atoms with E-state index in [2.05, 4.69) is 10.3 Å². The number of nitrogens with zero attached hydrogens (tertiary/aromatic N) is 1. The van der Waals surface area contributed by atoms with E-state index in [-0.39, 0.29) is 12.0 Å². The maximum Gasteiger partial charge on any atom is 0.263 e. The van der Waals surface area contributed by atoms with Crippen LogP contribution in [0.15, 0.2) is 6.07 Å². The van der Waals surface area contributed by atoms with Crippen LogP contribution in [0.3, 0.4) is 0 Å². The molecule has 1 saturated heterocycles. The van der Waals surface area contributed by atoms with Gasteiger partial charge in [0.25, 0.3) is 5.91 Å². The average Bonchev–Trinajstić information content (AvgIpc) is 3.04. The Morgan fingerprint density at radius 2 is 2.38 bits per heavy atom. The summed E-state index contributed by atoms with van der Waals surface area (Å²) in [6.07, 6.45) is 2.20. The number of anilines is 1. The first-order valence-electron chi connectivity index (χ1n) is 7.12. The van der Waals surface area contributed by atoms with Crippen LogP contribution in [0.2, 0.25) is 0 Å². The molecule has 0 aromatic carbocycles. The molecule has 0 saturated carbocycles. The van der Waals surface area contributed by atoms with Gasteiger partial charge in [0.2, 0.25) is 0 Å². The molecule has 3 heterocycles. The number of fused-ring (bicyclic) bond motifs is 1. The smallest absolute Gasteiger partial charge is 0.263 e. The largest absolute Gasteiger partial charge is 0.397 e. The van der Waals surface area contributed by atoms with Gasteiger partial charge in [-0.1, -0.05) is 0 Å². The van der Waals surface area contributed by atoms with Crippen LogP contribution in [-0.2, 0) is 4.74 Å². The van der Waals surface area contributed by atoms with Gasteiger partial charge in [-0.05, 0) is 38.3 Å². The topological polar surface area (TPSA) is 77.2 Å². The molecule has 1 atom stereocenters. The van der Waals surface area contributed by atoms with Gasteiger partial charge in [0.15, 0.2) is 0 Å². The Morgan fingerprint density at radius 1 is 1.57 bits per heavy atom. The van der Waals surface area contributed by atoms with E-state index in [1.54, 1.807) is 0 Å². The lowest BCUT2D eigenvalue weighted by molar-refractivity contribution is 0.0862. The summed E-state index contributed by atoms with van der Waals surface area (Å²) in [4.78, 5) is 18.2. The van der Waals surface area contributed by atoms with Crippen LogP contribution in [0.25, 0.3) is 10.2 Å². The Hall–Kier alpha value is -1.66. The van der Waals surface area contributed by atoms with Crippen molar-refractivity contribution in [3.8, 4) is 0 Å². The predicted octanol–water partition coefficient (Wildman–Crippen LogP) is 2.40. The quantitative estimate of drug-likeness (QED) is 0.913. The number of ether oxygens (including phenoxy) is 1. The van der Waals surface area contributed by atoms with Gasteiger partial charge >= 0.3 is 0 Å². The third kappa shape index (κ3) is 2.73. The third-order valence-corrected chi connectivity index (χ3v) is 4.84. The van der Waals surface area contributed by atoms with E-state index in [0.29, 0.717) is 17.1 Å². The Morgan fingerprint density at radius 3 is 3.10 bits per heavy atom. The van der Waals surface area contributed by atoms with E-state index < -0.39 is 0 Å². The zero-order valence-electron chi connectivity index (χ0n) is 12.2. The summed E-state index contributed by atoms with van der Waals surface area (Å²) in [7, 11) is 0. The van der Waals surface area contributed by atoms with Gasteiger partial charge in [-0.15, -0.1) is 11.3 Å². The standard InChI is InChI=1S/C15H19N3O2S/c1-8-6-9(2)18-15-11(8)12(16)13(21-15)14(19)17-7-10-4-3-5-20-10/h6,10H,3-5,7,16H2,1-2H3,(H,17,19)/t10-/m0/s1. The van der Waals surface area contributed by atoms with Crippen molar-refractivity contribution in [2.24, 2.45) is 0 Å². The average molecular weight is 305 g/mol. The number of rotatable bonds is 3. The molecule has 3 rings (SSSR count). The summed E-state index contributed by atoms with van der Waals surface area (Å²) in [6.45, 7) is 5.26. The second kappa shape index (κ2) is 5.61. The van der Waals surface area contributed by atoms with E-state index in [1.807, 2.05) is 19.9 Å². The molecule has 0 radical (unpaired) electrons. The fourth-order valence-electron chi connectivity index (χ4n) is 2.73. The van der Waals surface area contributed by atoms with Crippen molar-refractivity contribution in [2.75, 3.05) is 18.9 Å². The molecule has 2 aromatic rings. The molecule has 1 fully saturated rings. The normalized spacial score (nSPS) is 18.3. The van der Waals surface area contributed by atoms with Gasteiger partial charge in [0, 0.05) is 24.2 Å². The van der Waals surface area contributed by atoms with Gasteiger partial charge in [-0.2, -0.15) is 0 Å². The van der Waals surface area contributed by atoms with Crippen LogP contribution in [0.4, 0.5) is 5.69 Å². The molecule has 1 aliphatic heterocycles. The molecule has 21 heavy (non-hydrogen) atoms. The fourth-order valence-corrected chi connectivity index (χ4v) is 3.86. The van der Waals surface area contributed by atoms with Crippen molar-refractivity contribution in [3.63, 3.8) is 0 Å². The highest BCUT2D eigenvalue weighted by Gasteiger charge is 2.21. The minimum absolute atomic E-state index is 0.131. The summed E-state index contributed by atoms with van der Waals surface area (Å²) in [6, 6.07) is 1.99. The van der Waals surface area contributed by atoms with Crippen molar-refractivity contribution in [2.45, 2.75) is 32.8 Å². The predicted molar refractivity (Wildman–Crippen MR) is 84.8 cm³/mol. The van der Waals surface area contributed by atoms with Crippen LogP contribution in [-0.4, -0.2) is 30.1 Å². The fraction of sp³-hybridized carbons (Fsp3) is 0.467. The van der Waals surface area contributed by atoms with Crippen LogP contribution in [0.5, 0.6) is 0 Å². The number of nitrogens with two attached hydrogens (primary N) is 1. The lowest BCUT2D eigenvalue weighted by Crippen LogP contribution is -2.31. The van der Waals surface area contributed by atoms with Crippen molar-refractivity contribution < 1.29 is 9.53 Å². The van der Waals surface area contributed by atoms with Gasteiger partial charge < -0.3 is 15.8 Å². The van der Waals surface area contributed by atoms with Crippen molar-refractivity contribution in [3.05, 3.63) is 22.2 Å². The minimum Gasteiger partial charge on any atom is -0.397 e. The summed E-state index contributed by atoms with van der Waals surface area (Å²) in [5, 5.41) is 3.81. The second-order valence-corrected chi connectivity index (χ2v) is 6.45. The van der Waals surface area contributed by atoms with Crippen LogP contribution in [0, 0.1) is 13.8 Å². The monoisotopic (exact) mass is 305 g/mol. The highest BCUT2D eigenvalue weighted by Crippen LogP contribution is 2.34. The minimum atomic E-state index is -0.136. The zero-order valence-corrected chi connectivity index (χ0v) is 13.0. The Bertz CT molecular complexity index is 690. The summed E-state index contributed by atoms with van der Waals surface area (Å²) < 4.78 is 5.51. The molecule has 0 unspecified atom stereocenters. The maximum absolute atomic E-state index is 12.3. The van der Waals surface area contributed by atoms with Crippen molar-refractivity contribution >= 4 is 33.1 Å². The number of aryl methyl sites for hydroxylation is 2. The Kier molecular flexibility index (Phi) is 3.82. The van der Waals surface area contributed by atoms with Crippen LogP contribution < -0.4 is 11.1 Å². The van der Waals surface area contributed by atoms with Gasteiger partial charge in [-0.3, -0.25) is 4.79 Å². The number of nitrogens with one attached hydrogen (secondary N) is 1. The third-order valence-electron chi connectivity index (χ3n) is 3.74. The molecule has 5 nitrogen and oxygen atoms in total. The maximum atomic E-state index is 12.3. The highest BCUT2D eigenvalue weighted by atomic mass is 32.1. The van der Waals surface area contributed by atoms with Crippen molar-refractivity contribution in [1.82, 2.24) is 10.3 Å². The van der Waals surface area contributed by atoms with Gasteiger partial charge in [0.1, 0.15) is 9.71 Å². The summed E-state index contributed by atoms with van der Waals surface area (Å²) >= 11 is 1.35. The Balaban J connectivity index is 1.84. The van der Waals surface area contributed by atoms with Gasteiger partial charge in [-0.25, -0.2) is 4.98 Å². The molecule has 1 aliphatic rings. The number of nitrogen functional groups attached to an aromatic ring is 1. The highest BCUT2D eigenvalue weighted by molar-refractivity contribution is 7.21. The molecule has 3 N–H and O–H groups in total. The molecule has 0 bridgehead atoms.